The summed E-state index contributed by atoms with van der Waals surface area (Å²) in [5.74, 6) is -1.67. The quantitative estimate of drug-likeness (QED) is 0.761. The predicted molar refractivity (Wildman–Crippen MR) is 103 cm³/mol. The first-order chi connectivity index (χ1) is 13.0. The molecule has 3 amide bonds. The van der Waals surface area contributed by atoms with Crippen LogP contribution >= 0.6 is 0 Å². The van der Waals surface area contributed by atoms with Crippen molar-refractivity contribution in [3.8, 4) is 0 Å². The molecule has 2 aliphatic heterocycles. The molecule has 2 N–H and O–H groups in total. The fraction of sp³-hybridized carbons (Fsp3) is 0.550. The van der Waals surface area contributed by atoms with E-state index in [-0.39, 0.29) is 11.9 Å². The number of anilines is 1. The van der Waals surface area contributed by atoms with E-state index in [0.29, 0.717) is 6.54 Å². The van der Waals surface area contributed by atoms with Gasteiger partial charge in [0.15, 0.2) is 0 Å². The summed E-state index contributed by atoms with van der Waals surface area (Å²) in [6, 6.07) is 6.52. The normalized spacial score (nSPS) is 19.9. The zero-order chi connectivity index (χ0) is 19.4. The van der Waals surface area contributed by atoms with E-state index < -0.39 is 17.9 Å². The molecule has 0 bridgehead atoms. The number of likely N-dealkylation sites (tertiary alicyclic amines) is 1. The Morgan fingerprint density at radius 2 is 1.81 bits per heavy atom. The van der Waals surface area contributed by atoms with Crippen LogP contribution in [-0.4, -0.2) is 54.8 Å². The van der Waals surface area contributed by atoms with E-state index in [9.17, 15) is 14.4 Å². The Morgan fingerprint density at radius 3 is 2.52 bits per heavy atom. The van der Waals surface area contributed by atoms with Gasteiger partial charge in [0.2, 0.25) is 0 Å². The van der Waals surface area contributed by atoms with Gasteiger partial charge in [-0.1, -0.05) is 24.6 Å². The fourth-order valence-corrected chi connectivity index (χ4v) is 3.80. The maximum Gasteiger partial charge on any atom is 0.310 e. The number of piperidine rings is 1. The largest absolute Gasteiger partial charge is 0.347 e. The van der Waals surface area contributed by atoms with Gasteiger partial charge in [-0.15, -0.1) is 0 Å². The third kappa shape index (κ3) is 4.30. The molecular weight excluding hydrogens is 344 g/mol. The monoisotopic (exact) mass is 372 g/mol. The summed E-state index contributed by atoms with van der Waals surface area (Å²) in [5, 5.41) is 5.26. The first-order valence-electron chi connectivity index (χ1n) is 9.72. The van der Waals surface area contributed by atoms with Gasteiger partial charge < -0.3 is 20.4 Å². The van der Waals surface area contributed by atoms with Crippen LogP contribution in [0.3, 0.4) is 0 Å². The molecule has 0 aliphatic carbocycles. The van der Waals surface area contributed by atoms with Crippen LogP contribution in [0.5, 0.6) is 0 Å². The lowest BCUT2D eigenvalue weighted by atomic mass is 10.1. The second kappa shape index (κ2) is 8.52. The standard InChI is InChI=1S/C20H28N4O3/c1-14(2)24-16-9-5-4-8-15(16)17(20(24)27)22-19(26)18(25)21-10-13-23-11-6-3-7-12-23/h4-5,8-9,14,17H,3,6-7,10-13H2,1-2H3,(H,21,25)(H,22,26)/t17-/m1/s1. The summed E-state index contributed by atoms with van der Waals surface area (Å²) in [6.45, 7) is 7.10. The molecule has 0 aromatic heterocycles. The van der Waals surface area contributed by atoms with Gasteiger partial charge in [-0.25, -0.2) is 0 Å². The molecule has 3 rings (SSSR count). The minimum absolute atomic E-state index is 0.0288. The van der Waals surface area contributed by atoms with Crippen molar-refractivity contribution in [2.24, 2.45) is 0 Å². The minimum atomic E-state index is -0.816. The zero-order valence-corrected chi connectivity index (χ0v) is 16.0. The average Bonchev–Trinajstić information content (AvgIpc) is 2.94. The third-order valence-corrected chi connectivity index (χ3v) is 5.15. The van der Waals surface area contributed by atoms with Crippen LogP contribution in [-0.2, 0) is 14.4 Å². The molecule has 2 aliphatic rings. The van der Waals surface area contributed by atoms with Gasteiger partial charge >= 0.3 is 11.8 Å². The lowest BCUT2D eigenvalue weighted by molar-refractivity contribution is -0.140. The average molecular weight is 372 g/mol. The number of hydrogen-bond acceptors (Lipinski definition) is 4. The Hall–Kier alpha value is -2.41. The van der Waals surface area contributed by atoms with Crippen molar-refractivity contribution in [3.05, 3.63) is 29.8 Å². The van der Waals surface area contributed by atoms with Crippen LogP contribution in [0.1, 0.15) is 44.7 Å². The summed E-state index contributed by atoms with van der Waals surface area (Å²) >= 11 is 0. The van der Waals surface area contributed by atoms with Crippen LogP contribution in [0.15, 0.2) is 24.3 Å². The van der Waals surface area contributed by atoms with Gasteiger partial charge in [-0.05, 0) is 45.8 Å². The molecule has 7 nitrogen and oxygen atoms in total. The number of rotatable bonds is 5. The molecule has 1 aromatic rings. The highest BCUT2D eigenvalue weighted by Crippen LogP contribution is 2.36. The molecule has 0 spiro atoms. The van der Waals surface area contributed by atoms with Crippen LogP contribution in [0.4, 0.5) is 5.69 Å². The van der Waals surface area contributed by atoms with Gasteiger partial charge in [-0.2, -0.15) is 0 Å². The second-order valence-corrected chi connectivity index (χ2v) is 7.43. The number of fused-ring (bicyclic) bond motifs is 1. The van der Waals surface area contributed by atoms with Crippen molar-refractivity contribution < 1.29 is 14.4 Å². The molecular formula is C20H28N4O3. The van der Waals surface area contributed by atoms with Crippen molar-refractivity contribution >= 4 is 23.4 Å². The molecule has 1 fully saturated rings. The van der Waals surface area contributed by atoms with Crippen LogP contribution in [0.25, 0.3) is 0 Å². The summed E-state index contributed by atoms with van der Waals surface area (Å²) in [4.78, 5) is 41.2. The molecule has 0 unspecified atom stereocenters. The molecule has 0 radical (unpaired) electrons. The van der Waals surface area contributed by atoms with Gasteiger partial charge in [0.05, 0.1) is 0 Å². The summed E-state index contributed by atoms with van der Waals surface area (Å²) < 4.78 is 0. The number of para-hydroxylation sites is 1. The van der Waals surface area contributed by atoms with E-state index in [1.54, 1.807) is 4.90 Å². The predicted octanol–water partition coefficient (Wildman–Crippen LogP) is 1.20. The lowest BCUT2D eigenvalue weighted by Gasteiger charge is -2.26. The van der Waals surface area contributed by atoms with Crippen LogP contribution in [0, 0.1) is 0 Å². The topological polar surface area (TPSA) is 81.8 Å². The zero-order valence-electron chi connectivity index (χ0n) is 16.0. The fourth-order valence-electron chi connectivity index (χ4n) is 3.80. The maximum atomic E-state index is 12.8. The first kappa shape index (κ1) is 19.4. The van der Waals surface area contributed by atoms with Crippen molar-refractivity contribution in [3.63, 3.8) is 0 Å². The Kier molecular flexibility index (Phi) is 6.11. The smallest absolute Gasteiger partial charge is 0.310 e. The van der Waals surface area contributed by atoms with E-state index >= 15 is 0 Å². The van der Waals surface area contributed by atoms with Crippen molar-refractivity contribution in [1.29, 1.82) is 0 Å². The van der Waals surface area contributed by atoms with Crippen molar-refractivity contribution in [1.82, 2.24) is 15.5 Å². The summed E-state index contributed by atoms with van der Waals surface area (Å²) in [7, 11) is 0. The molecule has 1 atom stereocenters. The number of benzene rings is 1. The Bertz CT molecular complexity index is 713. The second-order valence-electron chi connectivity index (χ2n) is 7.43. The van der Waals surface area contributed by atoms with Gasteiger partial charge in [0.1, 0.15) is 6.04 Å². The number of nitrogens with one attached hydrogen (secondary N) is 2. The Morgan fingerprint density at radius 1 is 1.11 bits per heavy atom. The molecule has 1 aromatic carbocycles. The van der Waals surface area contributed by atoms with Crippen LogP contribution < -0.4 is 15.5 Å². The van der Waals surface area contributed by atoms with E-state index in [1.807, 2.05) is 38.1 Å². The summed E-state index contributed by atoms with van der Waals surface area (Å²) in [6.07, 6.45) is 3.63. The Balaban J connectivity index is 1.56. The molecule has 146 valence electrons. The van der Waals surface area contributed by atoms with E-state index in [2.05, 4.69) is 15.5 Å². The number of hydrogen-bond donors (Lipinski definition) is 2. The van der Waals surface area contributed by atoms with Gasteiger partial charge in [-0.3, -0.25) is 14.4 Å². The highest BCUT2D eigenvalue weighted by atomic mass is 16.2. The molecule has 0 saturated carbocycles. The van der Waals surface area contributed by atoms with Crippen molar-refractivity contribution in [2.45, 2.75) is 45.2 Å². The van der Waals surface area contributed by atoms with Gasteiger partial charge in [0, 0.05) is 30.4 Å². The third-order valence-electron chi connectivity index (χ3n) is 5.15. The van der Waals surface area contributed by atoms with Crippen molar-refractivity contribution in [2.75, 3.05) is 31.1 Å². The van der Waals surface area contributed by atoms with Gasteiger partial charge in [0.25, 0.3) is 5.91 Å². The minimum Gasteiger partial charge on any atom is -0.347 e. The SMILES string of the molecule is CC(C)N1C(=O)[C@H](NC(=O)C(=O)NCCN2CCCCC2)c2ccccc21. The maximum absolute atomic E-state index is 12.8. The molecule has 2 heterocycles. The molecule has 1 saturated heterocycles. The molecule has 27 heavy (non-hydrogen) atoms. The number of nitrogens with zero attached hydrogens (tertiary/aromatic N) is 2. The first-order valence-corrected chi connectivity index (χ1v) is 9.72. The van der Waals surface area contributed by atoms with E-state index in [1.165, 1.54) is 19.3 Å². The van der Waals surface area contributed by atoms with E-state index in [0.717, 1.165) is 30.9 Å². The summed E-state index contributed by atoms with van der Waals surface area (Å²) in [5.41, 5.74) is 1.51. The number of amides is 3. The Labute approximate surface area is 160 Å². The molecule has 7 heteroatoms. The van der Waals surface area contributed by atoms with E-state index in [4.69, 9.17) is 0 Å². The number of carbonyl (C=O) groups excluding carboxylic acids is 3. The van der Waals surface area contributed by atoms with Crippen LogP contribution in [0.2, 0.25) is 0 Å². The number of carbonyl (C=O) groups is 3. The lowest BCUT2D eigenvalue weighted by Crippen LogP contribution is -2.47. The highest BCUT2D eigenvalue weighted by Gasteiger charge is 2.39. The highest BCUT2D eigenvalue weighted by molar-refractivity contribution is 6.35.